The first-order valence-electron chi connectivity index (χ1n) is 5.58. The summed E-state index contributed by atoms with van der Waals surface area (Å²) in [6.45, 7) is 1.17. The van der Waals surface area contributed by atoms with Gasteiger partial charge in [-0.15, -0.1) is 0 Å². The summed E-state index contributed by atoms with van der Waals surface area (Å²) in [4.78, 5) is 11.7. The Morgan fingerprint density at radius 2 is 2.39 bits per heavy atom. The molecule has 0 aliphatic heterocycles. The maximum Gasteiger partial charge on any atom is 0.241 e. The van der Waals surface area contributed by atoms with Gasteiger partial charge in [0.05, 0.1) is 23.3 Å². The minimum Gasteiger partial charge on any atom is -0.383 e. The van der Waals surface area contributed by atoms with Gasteiger partial charge in [-0.3, -0.25) is 9.48 Å². The summed E-state index contributed by atoms with van der Waals surface area (Å²) < 4.78 is 6.49. The second-order valence-corrected chi connectivity index (χ2v) is 4.22. The third-order valence-electron chi connectivity index (χ3n) is 2.56. The Balaban J connectivity index is 2.08. The van der Waals surface area contributed by atoms with Gasteiger partial charge in [0.2, 0.25) is 5.91 Å². The van der Waals surface area contributed by atoms with Crippen LogP contribution in [0.25, 0.3) is 10.9 Å². The van der Waals surface area contributed by atoms with E-state index in [9.17, 15) is 4.79 Å². The lowest BCUT2D eigenvalue weighted by Gasteiger charge is -2.05. The fourth-order valence-corrected chi connectivity index (χ4v) is 1.90. The molecule has 0 unspecified atom stereocenters. The van der Waals surface area contributed by atoms with Crippen LogP contribution in [-0.4, -0.2) is 35.9 Å². The van der Waals surface area contributed by atoms with Crippen molar-refractivity contribution in [3.05, 3.63) is 29.4 Å². The van der Waals surface area contributed by atoms with Gasteiger partial charge in [0.15, 0.2) is 0 Å². The van der Waals surface area contributed by atoms with Crippen molar-refractivity contribution in [1.82, 2.24) is 15.1 Å². The van der Waals surface area contributed by atoms with Gasteiger partial charge in [-0.2, -0.15) is 5.10 Å². The molecule has 96 valence electrons. The van der Waals surface area contributed by atoms with Gasteiger partial charge < -0.3 is 10.1 Å². The summed E-state index contributed by atoms with van der Waals surface area (Å²) in [6, 6.07) is 5.52. The van der Waals surface area contributed by atoms with Crippen molar-refractivity contribution >= 4 is 28.4 Å². The van der Waals surface area contributed by atoms with E-state index in [4.69, 9.17) is 16.3 Å². The van der Waals surface area contributed by atoms with Gasteiger partial charge in [-0.1, -0.05) is 17.7 Å². The quantitative estimate of drug-likeness (QED) is 0.835. The number of carbonyl (C=O) groups excluding carboxylic acids is 1. The highest BCUT2D eigenvalue weighted by Crippen LogP contribution is 2.22. The van der Waals surface area contributed by atoms with E-state index in [1.807, 2.05) is 12.1 Å². The summed E-state index contributed by atoms with van der Waals surface area (Å²) in [7, 11) is 1.59. The molecule has 1 aromatic carbocycles. The molecule has 5 nitrogen and oxygen atoms in total. The van der Waals surface area contributed by atoms with Crippen LogP contribution in [-0.2, 0) is 16.1 Å². The van der Waals surface area contributed by atoms with Gasteiger partial charge in [0.1, 0.15) is 6.54 Å². The molecule has 0 saturated heterocycles. The SMILES string of the molecule is COCCNC(=O)Cn1ncc2c(Cl)cccc21. The maximum atomic E-state index is 11.7. The van der Waals surface area contributed by atoms with Crippen LogP contribution in [0.4, 0.5) is 0 Å². The molecule has 0 atom stereocenters. The Bertz CT molecular complexity index is 553. The van der Waals surface area contributed by atoms with Gasteiger partial charge in [-0.25, -0.2) is 0 Å². The molecule has 18 heavy (non-hydrogen) atoms. The lowest BCUT2D eigenvalue weighted by Crippen LogP contribution is -2.30. The van der Waals surface area contributed by atoms with E-state index in [1.165, 1.54) is 0 Å². The van der Waals surface area contributed by atoms with Crippen LogP contribution >= 0.6 is 11.6 Å². The van der Waals surface area contributed by atoms with Crippen LogP contribution in [0.2, 0.25) is 5.02 Å². The fraction of sp³-hybridized carbons (Fsp3) is 0.333. The third-order valence-corrected chi connectivity index (χ3v) is 2.89. The van der Waals surface area contributed by atoms with Crippen LogP contribution < -0.4 is 5.32 Å². The Kier molecular flexibility index (Phi) is 4.17. The number of halogens is 1. The van der Waals surface area contributed by atoms with E-state index >= 15 is 0 Å². The van der Waals surface area contributed by atoms with Crippen LogP contribution in [0.15, 0.2) is 24.4 Å². The molecule has 2 aromatic rings. The molecular formula is C12H14ClN3O2. The van der Waals surface area contributed by atoms with Gasteiger partial charge in [-0.05, 0) is 12.1 Å². The smallest absolute Gasteiger partial charge is 0.241 e. The molecule has 1 heterocycles. The molecular weight excluding hydrogens is 254 g/mol. The van der Waals surface area contributed by atoms with Crippen molar-refractivity contribution in [3.63, 3.8) is 0 Å². The minimum atomic E-state index is -0.1000. The second kappa shape index (κ2) is 5.84. The largest absolute Gasteiger partial charge is 0.383 e. The molecule has 1 N–H and O–H groups in total. The van der Waals surface area contributed by atoms with Crippen molar-refractivity contribution in [1.29, 1.82) is 0 Å². The van der Waals surface area contributed by atoms with Crippen LogP contribution in [0.3, 0.4) is 0 Å². The number of aromatic nitrogens is 2. The van der Waals surface area contributed by atoms with E-state index in [0.29, 0.717) is 18.2 Å². The van der Waals surface area contributed by atoms with Crippen molar-refractivity contribution in [2.75, 3.05) is 20.3 Å². The molecule has 0 bridgehead atoms. The number of carbonyl (C=O) groups is 1. The first-order chi connectivity index (χ1) is 8.72. The predicted molar refractivity (Wildman–Crippen MR) is 69.6 cm³/mol. The molecule has 0 spiro atoms. The number of amides is 1. The minimum absolute atomic E-state index is 0.1000. The molecule has 0 saturated carbocycles. The number of benzene rings is 1. The molecule has 1 amide bonds. The molecule has 0 fully saturated rings. The number of nitrogens with zero attached hydrogens (tertiary/aromatic N) is 2. The van der Waals surface area contributed by atoms with Crippen molar-refractivity contribution in [2.45, 2.75) is 6.54 Å². The normalized spacial score (nSPS) is 10.8. The average Bonchev–Trinajstić information content (AvgIpc) is 2.74. The summed E-state index contributed by atoms with van der Waals surface area (Å²) in [5.41, 5.74) is 0.851. The van der Waals surface area contributed by atoms with Gasteiger partial charge >= 0.3 is 0 Å². The first-order valence-corrected chi connectivity index (χ1v) is 5.96. The lowest BCUT2D eigenvalue weighted by molar-refractivity contribution is -0.121. The number of hydrogen-bond acceptors (Lipinski definition) is 3. The zero-order valence-corrected chi connectivity index (χ0v) is 10.8. The standard InChI is InChI=1S/C12H14ClN3O2/c1-18-6-5-14-12(17)8-16-11-4-2-3-10(13)9(11)7-15-16/h2-4,7H,5-6,8H2,1H3,(H,14,17). The number of methoxy groups -OCH3 is 1. The molecule has 1 aromatic heterocycles. The molecule has 0 radical (unpaired) electrons. The highest BCUT2D eigenvalue weighted by atomic mass is 35.5. The molecule has 6 heteroatoms. The zero-order valence-electron chi connectivity index (χ0n) is 10.0. The monoisotopic (exact) mass is 267 g/mol. The molecule has 2 rings (SSSR count). The van der Waals surface area contributed by atoms with Gasteiger partial charge in [0.25, 0.3) is 0 Å². The highest BCUT2D eigenvalue weighted by molar-refractivity contribution is 6.35. The first kappa shape index (κ1) is 12.9. The van der Waals surface area contributed by atoms with Crippen LogP contribution in [0.1, 0.15) is 0 Å². The summed E-state index contributed by atoms with van der Waals surface area (Å²) in [5, 5.41) is 8.40. The second-order valence-electron chi connectivity index (χ2n) is 3.82. The van der Waals surface area contributed by atoms with Crippen molar-refractivity contribution < 1.29 is 9.53 Å². The summed E-state index contributed by atoms with van der Waals surface area (Å²) in [5.74, 6) is -0.1000. The Morgan fingerprint density at radius 3 is 3.17 bits per heavy atom. The number of ether oxygens (including phenoxy) is 1. The Hall–Kier alpha value is -1.59. The Morgan fingerprint density at radius 1 is 1.56 bits per heavy atom. The molecule has 0 aliphatic rings. The fourth-order valence-electron chi connectivity index (χ4n) is 1.68. The van der Waals surface area contributed by atoms with Gasteiger partial charge in [0, 0.05) is 19.0 Å². The topological polar surface area (TPSA) is 56.1 Å². The van der Waals surface area contributed by atoms with E-state index in [2.05, 4.69) is 10.4 Å². The Labute approximate surface area is 110 Å². The van der Waals surface area contributed by atoms with Crippen LogP contribution in [0, 0.1) is 0 Å². The summed E-state index contributed by atoms with van der Waals surface area (Å²) in [6.07, 6.45) is 1.67. The van der Waals surface area contributed by atoms with E-state index in [-0.39, 0.29) is 12.5 Å². The third kappa shape index (κ3) is 2.80. The van der Waals surface area contributed by atoms with E-state index < -0.39 is 0 Å². The highest BCUT2D eigenvalue weighted by Gasteiger charge is 2.08. The number of nitrogens with one attached hydrogen (secondary N) is 1. The number of fused-ring (bicyclic) bond motifs is 1. The number of hydrogen-bond donors (Lipinski definition) is 1. The van der Waals surface area contributed by atoms with E-state index in [1.54, 1.807) is 24.1 Å². The van der Waals surface area contributed by atoms with Crippen molar-refractivity contribution in [3.8, 4) is 0 Å². The van der Waals surface area contributed by atoms with Crippen molar-refractivity contribution in [2.24, 2.45) is 0 Å². The summed E-state index contributed by atoms with van der Waals surface area (Å²) >= 11 is 6.04. The number of rotatable bonds is 5. The lowest BCUT2D eigenvalue weighted by atomic mass is 10.2. The van der Waals surface area contributed by atoms with Crippen LogP contribution in [0.5, 0.6) is 0 Å². The van der Waals surface area contributed by atoms with E-state index in [0.717, 1.165) is 10.9 Å². The molecule has 0 aliphatic carbocycles. The zero-order chi connectivity index (χ0) is 13.0. The average molecular weight is 268 g/mol. The maximum absolute atomic E-state index is 11.7. The predicted octanol–water partition coefficient (Wildman–Crippen LogP) is 1.45.